The van der Waals surface area contributed by atoms with Crippen LogP contribution in [0.3, 0.4) is 0 Å². The van der Waals surface area contributed by atoms with Gasteiger partial charge in [-0.25, -0.2) is 0 Å². The first-order valence-electron chi connectivity index (χ1n) is 6.08. The van der Waals surface area contributed by atoms with Crippen molar-refractivity contribution in [1.29, 1.82) is 0 Å². The molecule has 0 saturated carbocycles. The maximum Gasteiger partial charge on any atom is 0.0534 e. The molecule has 2 heterocycles. The minimum Gasteiger partial charge on any atom is -0.309 e. The van der Waals surface area contributed by atoms with Crippen LogP contribution in [0, 0.1) is 0 Å². The molecule has 0 aromatic carbocycles. The van der Waals surface area contributed by atoms with Crippen LogP contribution >= 0.6 is 0 Å². The monoisotopic (exact) mass is 222 g/mol. The van der Waals surface area contributed by atoms with E-state index in [9.17, 15) is 0 Å². The van der Waals surface area contributed by atoms with Crippen LogP contribution < -0.4 is 5.32 Å². The van der Waals surface area contributed by atoms with Crippen molar-refractivity contribution < 1.29 is 0 Å². The van der Waals surface area contributed by atoms with Crippen LogP contribution in [0.15, 0.2) is 12.4 Å². The number of nitrogens with zero attached hydrogens (tertiary/aromatic N) is 3. The maximum atomic E-state index is 4.31. The molecule has 0 bridgehead atoms. The Hall–Kier alpha value is -0.870. The molecule has 2 rings (SSSR count). The minimum absolute atomic E-state index is 0.235. The third kappa shape index (κ3) is 2.83. The van der Waals surface area contributed by atoms with E-state index in [0.717, 1.165) is 32.7 Å². The van der Waals surface area contributed by atoms with Gasteiger partial charge in [0.15, 0.2) is 0 Å². The van der Waals surface area contributed by atoms with Gasteiger partial charge >= 0.3 is 0 Å². The Morgan fingerprint density at radius 2 is 2.31 bits per heavy atom. The Bertz CT molecular complexity index is 343. The third-order valence-corrected chi connectivity index (χ3v) is 3.07. The van der Waals surface area contributed by atoms with Gasteiger partial charge in [-0.3, -0.25) is 9.58 Å². The highest BCUT2D eigenvalue weighted by Gasteiger charge is 2.25. The molecular weight excluding hydrogens is 200 g/mol. The first-order chi connectivity index (χ1) is 7.59. The summed E-state index contributed by atoms with van der Waals surface area (Å²) in [7, 11) is 0. The van der Waals surface area contributed by atoms with E-state index in [1.54, 1.807) is 0 Å². The standard InChI is InChI=1S/C12H22N4/c1-4-16-9-11(7-14-16)8-15-6-5-13-12(2,3)10-15/h7,9,13H,4-6,8,10H2,1-3H3. The van der Waals surface area contributed by atoms with Crippen LogP contribution in [0.5, 0.6) is 0 Å². The lowest BCUT2D eigenvalue weighted by Gasteiger charge is -2.38. The number of aryl methyl sites for hydroxylation is 1. The summed E-state index contributed by atoms with van der Waals surface area (Å²) in [6.45, 7) is 11.9. The van der Waals surface area contributed by atoms with Crippen LogP contribution in [-0.2, 0) is 13.1 Å². The summed E-state index contributed by atoms with van der Waals surface area (Å²) in [6.07, 6.45) is 4.13. The quantitative estimate of drug-likeness (QED) is 0.831. The number of hydrogen-bond acceptors (Lipinski definition) is 3. The van der Waals surface area contributed by atoms with E-state index in [2.05, 4.69) is 42.3 Å². The molecule has 1 fully saturated rings. The Morgan fingerprint density at radius 3 is 2.94 bits per heavy atom. The van der Waals surface area contributed by atoms with Gasteiger partial charge in [-0.15, -0.1) is 0 Å². The van der Waals surface area contributed by atoms with Crippen LogP contribution in [-0.4, -0.2) is 39.9 Å². The first kappa shape index (κ1) is 11.6. The van der Waals surface area contributed by atoms with Crippen molar-refractivity contribution in [3.8, 4) is 0 Å². The van der Waals surface area contributed by atoms with Crippen LogP contribution in [0.1, 0.15) is 26.3 Å². The number of nitrogens with one attached hydrogen (secondary N) is 1. The van der Waals surface area contributed by atoms with E-state index in [0.29, 0.717) is 0 Å². The van der Waals surface area contributed by atoms with Gasteiger partial charge in [-0.1, -0.05) is 0 Å². The number of rotatable bonds is 3. The Morgan fingerprint density at radius 1 is 1.50 bits per heavy atom. The Balaban J connectivity index is 1.94. The second-order valence-electron chi connectivity index (χ2n) is 5.23. The van der Waals surface area contributed by atoms with Crippen molar-refractivity contribution in [3.63, 3.8) is 0 Å². The van der Waals surface area contributed by atoms with E-state index < -0.39 is 0 Å². The average molecular weight is 222 g/mol. The average Bonchev–Trinajstić information content (AvgIpc) is 2.64. The number of hydrogen-bond donors (Lipinski definition) is 1. The fraction of sp³-hybridized carbons (Fsp3) is 0.750. The molecule has 16 heavy (non-hydrogen) atoms. The van der Waals surface area contributed by atoms with E-state index in [1.807, 2.05) is 10.9 Å². The largest absolute Gasteiger partial charge is 0.309 e. The molecule has 0 atom stereocenters. The second kappa shape index (κ2) is 4.55. The molecule has 1 aromatic heterocycles. The van der Waals surface area contributed by atoms with Crippen molar-refractivity contribution >= 4 is 0 Å². The van der Waals surface area contributed by atoms with Gasteiger partial charge in [-0.2, -0.15) is 5.10 Å². The van der Waals surface area contributed by atoms with Crippen molar-refractivity contribution in [2.75, 3.05) is 19.6 Å². The lowest BCUT2D eigenvalue weighted by Crippen LogP contribution is -2.56. The summed E-state index contributed by atoms with van der Waals surface area (Å²) < 4.78 is 1.99. The van der Waals surface area contributed by atoms with E-state index >= 15 is 0 Å². The minimum atomic E-state index is 0.235. The summed E-state index contributed by atoms with van der Waals surface area (Å²) in [5.74, 6) is 0. The molecule has 1 N–H and O–H groups in total. The van der Waals surface area contributed by atoms with Crippen molar-refractivity contribution in [2.45, 2.75) is 39.4 Å². The fourth-order valence-corrected chi connectivity index (χ4v) is 2.30. The lowest BCUT2D eigenvalue weighted by molar-refractivity contribution is 0.148. The summed E-state index contributed by atoms with van der Waals surface area (Å²) in [4.78, 5) is 2.49. The van der Waals surface area contributed by atoms with Crippen molar-refractivity contribution in [2.24, 2.45) is 0 Å². The smallest absolute Gasteiger partial charge is 0.0534 e. The Kier molecular flexibility index (Phi) is 3.30. The SMILES string of the molecule is CCn1cc(CN2CCNC(C)(C)C2)cn1. The van der Waals surface area contributed by atoms with E-state index in [1.165, 1.54) is 5.56 Å². The molecule has 4 heteroatoms. The van der Waals surface area contributed by atoms with Crippen LogP contribution in [0.4, 0.5) is 0 Å². The highest BCUT2D eigenvalue weighted by Crippen LogP contribution is 2.13. The second-order valence-corrected chi connectivity index (χ2v) is 5.23. The third-order valence-electron chi connectivity index (χ3n) is 3.07. The molecule has 1 saturated heterocycles. The first-order valence-corrected chi connectivity index (χ1v) is 6.08. The molecule has 1 aliphatic rings. The molecular formula is C12H22N4. The normalized spacial score (nSPS) is 21.2. The highest BCUT2D eigenvalue weighted by molar-refractivity contribution is 5.04. The van der Waals surface area contributed by atoms with Gasteiger partial charge in [0.1, 0.15) is 0 Å². The molecule has 0 amide bonds. The van der Waals surface area contributed by atoms with E-state index in [-0.39, 0.29) is 5.54 Å². The summed E-state index contributed by atoms with van der Waals surface area (Å²) in [5, 5.41) is 7.84. The molecule has 0 aliphatic carbocycles. The van der Waals surface area contributed by atoms with E-state index in [4.69, 9.17) is 0 Å². The van der Waals surface area contributed by atoms with Crippen molar-refractivity contribution in [3.05, 3.63) is 18.0 Å². The zero-order valence-corrected chi connectivity index (χ0v) is 10.5. The van der Waals surface area contributed by atoms with Gasteiger partial charge in [0.2, 0.25) is 0 Å². The van der Waals surface area contributed by atoms with Gasteiger partial charge in [0.25, 0.3) is 0 Å². The molecule has 1 aliphatic heterocycles. The Labute approximate surface area is 97.6 Å². The van der Waals surface area contributed by atoms with Gasteiger partial charge < -0.3 is 5.32 Å². The summed E-state index contributed by atoms with van der Waals surface area (Å²) >= 11 is 0. The zero-order valence-electron chi connectivity index (χ0n) is 10.5. The maximum absolute atomic E-state index is 4.31. The van der Waals surface area contributed by atoms with Crippen LogP contribution in [0.2, 0.25) is 0 Å². The number of piperazine rings is 1. The van der Waals surface area contributed by atoms with Crippen LogP contribution in [0.25, 0.3) is 0 Å². The predicted molar refractivity (Wildman–Crippen MR) is 65.3 cm³/mol. The summed E-state index contributed by atoms with van der Waals surface area (Å²) in [6, 6.07) is 0. The fourth-order valence-electron chi connectivity index (χ4n) is 2.30. The molecule has 1 aromatic rings. The lowest BCUT2D eigenvalue weighted by atomic mass is 10.0. The molecule has 4 nitrogen and oxygen atoms in total. The number of aromatic nitrogens is 2. The van der Waals surface area contributed by atoms with Gasteiger partial charge in [0.05, 0.1) is 6.20 Å². The summed E-state index contributed by atoms with van der Waals surface area (Å²) in [5.41, 5.74) is 1.55. The van der Waals surface area contributed by atoms with Gasteiger partial charge in [0, 0.05) is 50.0 Å². The molecule has 0 spiro atoms. The van der Waals surface area contributed by atoms with Crippen molar-refractivity contribution in [1.82, 2.24) is 20.0 Å². The topological polar surface area (TPSA) is 33.1 Å². The zero-order chi connectivity index (χ0) is 11.6. The molecule has 90 valence electrons. The highest BCUT2D eigenvalue weighted by atomic mass is 15.3. The molecule has 0 radical (unpaired) electrons. The van der Waals surface area contributed by atoms with Gasteiger partial charge in [-0.05, 0) is 20.8 Å². The molecule has 0 unspecified atom stereocenters. The predicted octanol–water partition coefficient (Wildman–Crippen LogP) is 1.09.